The summed E-state index contributed by atoms with van der Waals surface area (Å²) in [6, 6.07) is 0. The zero-order valence-corrected chi connectivity index (χ0v) is 11.5. The Bertz CT molecular complexity index is 510. The lowest BCUT2D eigenvalue weighted by Gasteiger charge is -2.14. The lowest BCUT2D eigenvalue weighted by Crippen LogP contribution is -2.15. The van der Waals surface area contributed by atoms with Gasteiger partial charge in [0.05, 0.1) is 0 Å². The van der Waals surface area contributed by atoms with Gasteiger partial charge in [0.25, 0.3) is 0 Å². The van der Waals surface area contributed by atoms with Gasteiger partial charge in [0.1, 0.15) is 5.82 Å². The van der Waals surface area contributed by atoms with Crippen molar-refractivity contribution in [3.8, 4) is 0 Å². The number of alkyl halides is 1. The summed E-state index contributed by atoms with van der Waals surface area (Å²) < 4.78 is 1.93. The van der Waals surface area contributed by atoms with E-state index in [2.05, 4.69) is 27.4 Å². The quantitative estimate of drug-likeness (QED) is 0.817. The molecule has 0 radical (unpaired) electrons. The van der Waals surface area contributed by atoms with Gasteiger partial charge in [-0.25, -0.2) is 4.98 Å². The molecule has 0 amide bonds. The van der Waals surface area contributed by atoms with Crippen molar-refractivity contribution >= 4 is 23.1 Å². The number of anilines is 1. The topological polar surface area (TPSA) is 55.1 Å². The summed E-state index contributed by atoms with van der Waals surface area (Å²) in [5.41, 5.74) is 0.774. The van der Waals surface area contributed by atoms with Crippen molar-refractivity contribution in [3.05, 3.63) is 18.2 Å². The smallest absolute Gasteiger partial charge is 0.203 e. The van der Waals surface area contributed by atoms with Crippen LogP contribution in [0.5, 0.6) is 0 Å². The molecule has 1 N–H and O–H groups in total. The zero-order valence-electron chi connectivity index (χ0n) is 10.7. The van der Waals surface area contributed by atoms with E-state index >= 15 is 0 Å². The highest BCUT2D eigenvalue weighted by Gasteiger charge is 2.10. The molecule has 0 aliphatic heterocycles. The van der Waals surface area contributed by atoms with Crippen molar-refractivity contribution in [2.75, 3.05) is 17.7 Å². The number of hydrogen-bond acceptors (Lipinski definition) is 4. The molecule has 1 unspecified atom stereocenters. The number of nitrogens with one attached hydrogen (secondary N) is 1. The summed E-state index contributed by atoms with van der Waals surface area (Å²) >= 11 is 5.79. The Kier molecular flexibility index (Phi) is 4.36. The molecule has 0 fully saturated rings. The van der Waals surface area contributed by atoms with Gasteiger partial charge in [0, 0.05) is 24.8 Å². The van der Waals surface area contributed by atoms with Gasteiger partial charge in [-0.15, -0.1) is 21.8 Å². The van der Waals surface area contributed by atoms with Crippen LogP contribution in [0, 0.1) is 12.8 Å². The van der Waals surface area contributed by atoms with E-state index in [4.69, 9.17) is 11.6 Å². The van der Waals surface area contributed by atoms with Gasteiger partial charge in [-0.1, -0.05) is 13.3 Å². The average molecular weight is 268 g/mol. The fourth-order valence-electron chi connectivity index (χ4n) is 1.91. The standard InChI is InChI=1S/C12H18ClN5/c1-3-10(4-5-13)8-15-11-12-17-16-9(2)18(12)7-6-14-11/h6-7,10H,3-5,8H2,1-2H3,(H,14,15). The highest BCUT2D eigenvalue weighted by Crippen LogP contribution is 2.15. The highest BCUT2D eigenvalue weighted by atomic mass is 35.5. The van der Waals surface area contributed by atoms with Gasteiger partial charge < -0.3 is 5.32 Å². The fourth-order valence-corrected chi connectivity index (χ4v) is 2.22. The molecule has 2 aromatic rings. The van der Waals surface area contributed by atoms with Crippen LogP contribution in [0.1, 0.15) is 25.6 Å². The van der Waals surface area contributed by atoms with Crippen molar-refractivity contribution in [1.29, 1.82) is 0 Å². The monoisotopic (exact) mass is 267 g/mol. The van der Waals surface area contributed by atoms with Crippen molar-refractivity contribution in [3.63, 3.8) is 0 Å². The van der Waals surface area contributed by atoms with Gasteiger partial charge in [0.15, 0.2) is 5.82 Å². The lowest BCUT2D eigenvalue weighted by atomic mass is 10.0. The summed E-state index contributed by atoms with van der Waals surface area (Å²) in [7, 11) is 0. The Hall–Kier alpha value is -1.36. The summed E-state index contributed by atoms with van der Waals surface area (Å²) in [5.74, 6) is 2.91. The van der Waals surface area contributed by atoms with E-state index < -0.39 is 0 Å². The van der Waals surface area contributed by atoms with Crippen LogP contribution in [-0.4, -0.2) is 32.0 Å². The summed E-state index contributed by atoms with van der Waals surface area (Å²) in [6.07, 6.45) is 5.74. The fraction of sp³-hybridized carbons (Fsp3) is 0.583. The predicted molar refractivity (Wildman–Crippen MR) is 73.1 cm³/mol. The van der Waals surface area contributed by atoms with Gasteiger partial charge in [0.2, 0.25) is 5.65 Å². The Morgan fingerprint density at radius 3 is 3.00 bits per heavy atom. The van der Waals surface area contributed by atoms with Gasteiger partial charge in [-0.3, -0.25) is 4.40 Å². The number of rotatable bonds is 6. The molecule has 2 aromatic heterocycles. The molecular weight excluding hydrogens is 250 g/mol. The third-order valence-corrected chi connectivity index (χ3v) is 3.37. The normalized spacial score (nSPS) is 12.8. The average Bonchev–Trinajstić information content (AvgIpc) is 2.77. The van der Waals surface area contributed by atoms with Crippen LogP contribution < -0.4 is 5.32 Å². The number of aryl methyl sites for hydroxylation is 1. The molecule has 1 atom stereocenters. The molecule has 2 rings (SSSR count). The van der Waals surface area contributed by atoms with Crippen molar-refractivity contribution in [2.24, 2.45) is 5.92 Å². The molecule has 0 aliphatic carbocycles. The van der Waals surface area contributed by atoms with Gasteiger partial charge >= 0.3 is 0 Å². The first-order valence-electron chi connectivity index (χ1n) is 6.22. The van der Waals surface area contributed by atoms with E-state index in [9.17, 15) is 0 Å². The van der Waals surface area contributed by atoms with Crippen LogP contribution in [0.3, 0.4) is 0 Å². The molecule has 2 heterocycles. The predicted octanol–water partition coefficient (Wildman–Crippen LogP) is 2.50. The first-order valence-corrected chi connectivity index (χ1v) is 6.75. The van der Waals surface area contributed by atoms with Gasteiger partial charge in [-0.05, 0) is 19.3 Å². The summed E-state index contributed by atoms with van der Waals surface area (Å²) in [4.78, 5) is 4.32. The second kappa shape index (κ2) is 6.00. The van der Waals surface area contributed by atoms with Crippen molar-refractivity contribution in [2.45, 2.75) is 26.7 Å². The maximum Gasteiger partial charge on any atom is 0.203 e. The zero-order chi connectivity index (χ0) is 13.0. The van der Waals surface area contributed by atoms with E-state index in [0.29, 0.717) is 11.8 Å². The summed E-state index contributed by atoms with van der Waals surface area (Å²) in [5, 5.41) is 11.5. The molecule has 98 valence electrons. The number of halogens is 1. The van der Waals surface area contributed by atoms with E-state index in [1.165, 1.54) is 0 Å². The van der Waals surface area contributed by atoms with E-state index in [-0.39, 0.29) is 0 Å². The second-order valence-electron chi connectivity index (χ2n) is 4.35. The van der Waals surface area contributed by atoms with E-state index in [1.807, 2.05) is 17.5 Å². The third-order valence-electron chi connectivity index (χ3n) is 3.15. The van der Waals surface area contributed by atoms with Gasteiger partial charge in [-0.2, -0.15) is 0 Å². The van der Waals surface area contributed by atoms with Crippen molar-refractivity contribution in [1.82, 2.24) is 19.6 Å². The second-order valence-corrected chi connectivity index (χ2v) is 4.73. The molecule has 6 heteroatoms. The first kappa shape index (κ1) is 13.1. The Balaban J connectivity index is 2.12. The molecule has 0 saturated carbocycles. The number of hydrogen-bond donors (Lipinski definition) is 1. The Morgan fingerprint density at radius 2 is 2.28 bits per heavy atom. The minimum absolute atomic E-state index is 0.563. The summed E-state index contributed by atoms with van der Waals surface area (Å²) in [6.45, 7) is 4.96. The number of nitrogens with zero attached hydrogens (tertiary/aromatic N) is 4. The van der Waals surface area contributed by atoms with E-state index in [1.54, 1.807) is 6.20 Å². The molecule has 0 spiro atoms. The largest absolute Gasteiger partial charge is 0.367 e. The molecule has 5 nitrogen and oxygen atoms in total. The molecule has 0 aromatic carbocycles. The van der Waals surface area contributed by atoms with Crippen molar-refractivity contribution < 1.29 is 0 Å². The number of aromatic nitrogens is 4. The molecule has 0 aliphatic rings. The maximum absolute atomic E-state index is 5.79. The van der Waals surface area contributed by atoms with Crippen LogP contribution >= 0.6 is 11.6 Å². The van der Waals surface area contributed by atoms with Crippen LogP contribution in [0.15, 0.2) is 12.4 Å². The Morgan fingerprint density at radius 1 is 1.44 bits per heavy atom. The highest BCUT2D eigenvalue weighted by molar-refractivity contribution is 6.17. The minimum atomic E-state index is 0.563. The van der Waals surface area contributed by atoms with Crippen LogP contribution in [0.2, 0.25) is 0 Å². The SMILES string of the molecule is CCC(CCCl)CNc1nccn2c(C)nnc12. The lowest BCUT2D eigenvalue weighted by molar-refractivity contribution is 0.521. The Labute approximate surface area is 112 Å². The van der Waals surface area contributed by atoms with E-state index in [0.717, 1.165) is 36.7 Å². The van der Waals surface area contributed by atoms with Crippen LogP contribution in [0.25, 0.3) is 5.65 Å². The number of fused-ring (bicyclic) bond motifs is 1. The maximum atomic E-state index is 5.79. The van der Waals surface area contributed by atoms with Crippen LogP contribution in [-0.2, 0) is 0 Å². The molecule has 18 heavy (non-hydrogen) atoms. The minimum Gasteiger partial charge on any atom is -0.367 e. The third kappa shape index (κ3) is 2.72. The molecular formula is C12H18ClN5. The molecule has 0 saturated heterocycles. The molecule has 0 bridgehead atoms. The first-order chi connectivity index (χ1) is 8.76. The van der Waals surface area contributed by atoms with Crippen LogP contribution in [0.4, 0.5) is 5.82 Å².